The molecule has 2 aromatic heterocycles. The molecule has 1 aliphatic carbocycles. The molecule has 5 heterocycles. The monoisotopic (exact) mass is 519 g/mol. The van der Waals surface area contributed by atoms with Crippen LogP contribution < -0.4 is 19.7 Å². The van der Waals surface area contributed by atoms with Gasteiger partial charge in [-0.1, -0.05) is 6.07 Å². The lowest BCUT2D eigenvalue weighted by Crippen LogP contribution is -2.69. The van der Waals surface area contributed by atoms with E-state index in [0.29, 0.717) is 59.5 Å². The molecule has 2 bridgehead atoms. The Morgan fingerprint density at radius 2 is 1.92 bits per heavy atom. The molecule has 0 amide bonds. The molecule has 3 fully saturated rings. The Kier molecular flexibility index (Phi) is 5.57. The zero-order chi connectivity index (χ0) is 25.9. The lowest BCUT2D eigenvalue weighted by molar-refractivity contribution is 0.0385. The molecule has 0 radical (unpaired) electrons. The van der Waals surface area contributed by atoms with Crippen LogP contribution in [0.15, 0.2) is 30.6 Å². The summed E-state index contributed by atoms with van der Waals surface area (Å²) in [6.07, 6.45) is 8.01. The van der Waals surface area contributed by atoms with Gasteiger partial charge in [0.2, 0.25) is 0 Å². The number of aromatic hydroxyl groups is 1. The number of fused-ring (bicyclic) bond motifs is 3. The molecule has 10 nitrogen and oxygen atoms in total. The van der Waals surface area contributed by atoms with Crippen LogP contribution >= 0.6 is 0 Å². The number of benzene rings is 1. The van der Waals surface area contributed by atoms with Crippen LogP contribution in [-0.4, -0.2) is 73.3 Å². The van der Waals surface area contributed by atoms with Gasteiger partial charge in [0.1, 0.15) is 25.1 Å². The Labute approximate surface area is 219 Å². The normalized spacial score (nSPS) is 28.1. The summed E-state index contributed by atoms with van der Waals surface area (Å²) < 4.78 is 26.8. The number of piperidine rings is 2. The first kappa shape index (κ1) is 23.5. The second-order valence-electron chi connectivity index (χ2n) is 10.9. The molecule has 3 aliphatic heterocycles. The standard InChI is InChI=1S/C27H30FN7O3/c1-27-8-2-3-16(32-27)12-20(23(27)28)35(17-5-6-17)22-14-29-24(34-33-22)18-7-4-15(11-21(18)36)19-13-30-25-26(31-19)38-10-9-37-25/h4,7,11,13-14,16-17,20,23,32,36H,2-3,5-6,8-10,12H2,1H3/t16-,20-,23-,27+/m0/s1. The van der Waals surface area contributed by atoms with E-state index in [1.54, 1.807) is 24.5 Å². The fraction of sp³-hybridized carbons (Fsp3) is 0.519. The highest BCUT2D eigenvalue weighted by Gasteiger charge is 2.52. The topological polar surface area (TPSA) is 118 Å². The fourth-order valence-corrected chi connectivity index (χ4v) is 6.15. The number of hydrogen-bond acceptors (Lipinski definition) is 10. The van der Waals surface area contributed by atoms with Gasteiger partial charge in [0.15, 0.2) is 11.6 Å². The number of hydrogen-bond donors (Lipinski definition) is 2. The molecule has 7 rings (SSSR count). The molecular formula is C27H30FN7O3. The van der Waals surface area contributed by atoms with Crippen molar-refractivity contribution in [1.82, 2.24) is 30.5 Å². The van der Waals surface area contributed by atoms with Crippen LogP contribution in [0.3, 0.4) is 0 Å². The van der Waals surface area contributed by atoms with Crippen LogP contribution in [0.1, 0.15) is 45.4 Å². The molecule has 1 aromatic carbocycles. The highest BCUT2D eigenvalue weighted by Crippen LogP contribution is 2.43. The molecular weight excluding hydrogens is 489 g/mol. The quantitative estimate of drug-likeness (QED) is 0.519. The highest BCUT2D eigenvalue weighted by molar-refractivity contribution is 5.71. The molecule has 0 unspecified atom stereocenters. The van der Waals surface area contributed by atoms with E-state index in [2.05, 4.69) is 35.4 Å². The number of aromatic nitrogens is 5. The van der Waals surface area contributed by atoms with Gasteiger partial charge in [0.25, 0.3) is 11.8 Å². The summed E-state index contributed by atoms with van der Waals surface area (Å²) in [6.45, 7) is 2.86. The number of phenols is 1. The molecule has 2 N–H and O–H groups in total. The first-order valence-electron chi connectivity index (χ1n) is 13.3. The van der Waals surface area contributed by atoms with E-state index in [-0.39, 0.29) is 17.8 Å². The van der Waals surface area contributed by atoms with E-state index in [1.807, 2.05) is 13.0 Å². The van der Waals surface area contributed by atoms with E-state index in [4.69, 9.17) is 9.47 Å². The van der Waals surface area contributed by atoms with E-state index >= 15 is 4.39 Å². The Morgan fingerprint density at radius 3 is 2.68 bits per heavy atom. The lowest BCUT2D eigenvalue weighted by atomic mass is 9.73. The molecule has 0 spiro atoms. The first-order chi connectivity index (χ1) is 18.5. The average molecular weight is 520 g/mol. The number of ether oxygens (including phenoxy) is 2. The number of rotatable bonds is 5. The number of nitrogens with zero attached hydrogens (tertiary/aromatic N) is 6. The van der Waals surface area contributed by atoms with Crippen molar-refractivity contribution in [1.29, 1.82) is 0 Å². The van der Waals surface area contributed by atoms with Crippen LogP contribution in [0.2, 0.25) is 0 Å². The van der Waals surface area contributed by atoms with Gasteiger partial charge in [0.05, 0.1) is 29.7 Å². The third-order valence-electron chi connectivity index (χ3n) is 8.17. The predicted octanol–water partition coefficient (Wildman–Crippen LogP) is 3.45. The molecule has 3 aromatic rings. The third-order valence-corrected chi connectivity index (χ3v) is 8.17. The lowest BCUT2D eigenvalue weighted by Gasteiger charge is -2.52. The molecule has 4 aliphatic rings. The van der Waals surface area contributed by atoms with Crippen LogP contribution in [0.5, 0.6) is 17.5 Å². The van der Waals surface area contributed by atoms with E-state index < -0.39 is 11.7 Å². The van der Waals surface area contributed by atoms with E-state index in [1.165, 1.54) is 0 Å². The summed E-state index contributed by atoms with van der Waals surface area (Å²) in [5.74, 6) is 1.59. The average Bonchev–Trinajstić information content (AvgIpc) is 3.77. The zero-order valence-electron chi connectivity index (χ0n) is 21.2. The predicted molar refractivity (Wildman–Crippen MR) is 137 cm³/mol. The number of anilines is 1. The first-order valence-corrected chi connectivity index (χ1v) is 13.3. The van der Waals surface area contributed by atoms with Crippen molar-refractivity contribution in [2.45, 2.75) is 75.3 Å². The minimum absolute atomic E-state index is 0.00397. The minimum Gasteiger partial charge on any atom is -0.507 e. The van der Waals surface area contributed by atoms with Crippen molar-refractivity contribution in [3.63, 3.8) is 0 Å². The van der Waals surface area contributed by atoms with Gasteiger partial charge in [-0.05, 0) is 57.6 Å². The minimum atomic E-state index is -0.999. The second kappa shape index (κ2) is 9.00. The summed E-state index contributed by atoms with van der Waals surface area (Å²) in [5.41, 5.74) is 1.16. The maximum Gasteiger partial charge on any atom is 0.278 e. The third kappa shape index (κ3) is 4.09. The molecule has 198 valence electrons. The molecule has 1 saturated carbocycles. The molecule has 2 saturated heterocycles. The van der Waals surface area contributed by atoms with Crippen LogP contribution in [0.25, 0.3) is 22.6 Å². The second-order valence-corrected chi connectivity index (χ2v) is 10.9. The Hall–Kier alpha value is -3.60. The van der Waals surface area contributed by atoms with Gasteiger partial charge in [-0.25, -0.2) is 19.3 Å². The van der Waals surface area contributed by atoms with Gasteiger partial charge < -0.3 is 24.8 Å². The molecule has 11 heteroatoms. The molecule has 38 heavy (non-hydrogen) atoms. The summed E-state index contributed by atoms with van der Waals surface area (Å²) in [6, 6.07) is 5.46. The van der Waals surface area contributed by atoms with E-state index in [9.17, 15) is 5.11 Å². The Balaban J connectivity index is 1.14. The van der Waals surface area contributed by atoms with Crippen molar-refractivity contribution >= 4 is 5.82 Å². The fourth-order valence-electron chi connectivity index (χ4n) is 6.15. The van der Waals surface area contributed by atoms with Crippen LogP contribution in [0, 0.1) is 0 Å². The summed E-state index contributed by atoms with van der Waals surface area (Å²) in [4.78, 5) is 15.4. The number of alkyl halides is 1. The number of nitrogens with one attached hydrogen (secondary N) is 1. The smallest absolute Gasteiger partial charge is 0.278 e. The summed E-state index contributed by atoms with van der Waals surface area (Å²) in [5, 5.41) is 23.2. The van der Waals surface area contributed by atoms with Gasteiger partial charge >= 0.3 is 0 Å². The van der Waals surface area contributed by atoms with Crippen molar-refractivity contribution in [3.8, 4) is 40.2 Å². The largest absolute Gasteiger partial charge is 0.507 e. The van der Waals surface area contributed by atoms with Crippen molar-refractivity contribution in [2.75, 3.05) is 18.1 Å². The van der Waals surface area contributed by atoms with Crippen molar-refractivity contribution in [2.24, 2.45) is 0 Å². The summed E-state index contributed by atoms with van der Waals surface area (Å²) >= 11 is 0. The SMILES string of the molecule is C[C@@]12CCC[C@@H](C[C@H](N(c3cnc(-c4ccc(-c5cnc6c(n5)OCCO6)cc4O)nn3)C3CC3)[C@@H]1F)N2. The molecule has 4 atom stereocenters. The highest BCUT2D eigenvalue weighted by atomic mass is 19.1. The van der Waals surface area contributed by atoms with Crippen molar-refractivity contribution < 1.29 is 19.0 Å². The maximum atomic E-state index is 15.9. The van der Waals surface area contributed by atoms with Gasteiger partial charge in [-0.3, -0.25) is 0 Å². The Morgan fingerprint density at radius 1 is 1.08 bits per heavy atom. The van der Waals surface area contributed by atoms with Crippen LogP contribution in [-0.2, 0) is 0 Å². The number of halogens is 1. The maximum absolute atomic E-state index is 15.9. The zero-order valence-corrected chi connectivity index (χ0v) is 21.2. The number of phenolic OH excluding ortho intramolecular Hbond substituents is 1. The summed E-state index contributed by atoms with van der Waals surface area (Å²) in [7, 11) is 0. The van der Waals surface area contributed by atoms with Crippen LogP contribution in [0.4, 0.5) is 10.2 Å². The van der Waals surface area contributed by atoms with Crippen molar-refractivity contribution in [3.05, 3.63) is 30.6 Å². The van der Waals surface area contributed by atoms with E-state index in [0.717, 1.165) is 38.5 Å². The Bertz CT molecular complexity index is 1350. The van der Waals surface area contributed by atoms with Gasteiger partial charge in [0, 0.05) is 23.2 Å². The van der Waals surface area contributed by atoms with Gasteiger partial charge in [-0.15, -0.1) is 10.2 Å². The van der Waals surface area contributed by atoms with Gasteiger partial charge in [-0.2, -0.15) is 0 Å².